The van der Waals surface area contributed by atoms with Crippen molar-refractivity contribution in [2.24, 2.45) is 5.92 Å². The highest BCUT2D eigenvalue weighted by Gasteiger charge is 2.28. The van der Waals surface area contributed by atoms with E-state index < -0.39 is 0 Å². The van der Waals surface area contributed by atoms with Crippen molar-refractivity contribution in [3.05, 3.63) is 30.3 Å². The number of rotatable bonds is 8. The fourth-order valence-corrected chi connectivity index (χ4v) is 3.51. The van der Waals surface area contributed by atoms with Crippen LogP contribution in [0.4, 0.5) is 0 Å². The molecule has 0 bridgehead atoms. The van der Waals surface area contributed by atoms with Crippen molar-refractivity contribution in [2.45, 2.75) is 57.9 Å². The molecular formula is C21H31NO4. The molecule has 1 aliphatic rings. The summed E-state index contributed by atoms with van der Waals surface area (Å²) >= 11 is 0. The lowest BCUT2D eigenvalue weighted by atomic mass is 10.0. The average Bonchev–Trinajstić information content (AvgIpc) is 2.95. The van der Waals surface area contributed by atoms with Crippen LogP contribution in [0.15, 0.2) is 30.3 Å². The molecule has 1 aliphatic carbocycles. The molecule has 0 spiro atoms. The number of para-hydroxylation sites is 1. The molecule has 2 rings (SSSR count). The van der Waals surface area contributed by atoms with Gasteiger partial charge in [-0.05, 0) is 25.0 Å². The van der Waals surface area contributed by atoms with Crippen LogP contribution in [0.5, 0.6) is 5.75 Å². The van der Waals surface area contributed by atoms with Gasteiger partial charge in [-0.2, -0.15) is 0 Å². The van der Waals surface area contributed by atoms with Crippen LogP contribution in [0.2, 0.25) is 0 Å². The quantitative estimate of drug-likeness (QED) is 0.522. The van der Waals surface area contributed by atoms with E-state index in [2.05, 4.69) is 0 Å². The van der Waals surface area contributed by atoms with E-state index in [0.717, 1.165) is 31.4 Å². The molecule has 1 amide bonds. The second-order valence-electron chi connectivity index (χ2n) is 7.03. The van der Waals surface area contributed by atoms with Gasteiger partial charge >= 0.3 is 5.97 Å². The Bertz CT molecular complexity index is 552. The zero-order chi connectivity index (χ0) is 18.8. The largest absolute Gasteiger partial charge is 0.493 e. The monoisotopic (exact) mass is 361 g/mol. The van der Waals surface area contributed by atoms with Gasteiger partial charge in [-0.25, -0.2) is 0 Å². The summed E-state index contributed by atoms with van der Waals surface area (Å²) in [5.41, 5.74) is 0. The molecule has 1 aromatic carbocycles. The Balaban J connectivity index is 1.96. The number of hydrogen-bond acceptors (Lipinski definition) is 4. The lowest BCUT2D eigenvalue weighted by Crippen LogP contribution is -2.44. The first-order valence-corrected chi connectivity index (χ1v) is 9.67. The number of nitrogens with zero attached hydrogens (tertiary/aromatic N) is 1. The molecule has 0 radical (unpaired) electrons. The molecule has 0 heterocycles. The average molecular weight is 361 g/mol. The Morgan fingerprint density at radius 2 is 1.77 bits per heavy atom. The standard InChI is InChI=1S/C21H31NO4/c1-17(21(24)25-2)16-22(18-10-6-3-4-7-11-18)20(23)14-15-26-19-12-8-5-9-13-19/h5,8-9,12-13,17-18H,3-4,6-7,10-11,14-16H2,1-2H3. The topological polar surface area (TPSA) is 55.8 Å². The van der Waals surface area contributed by atoms with Gasteiger partial charge in [-0.3, -0.25) is 9.59 Å². The van der Waals surface area contributed by atoms with Gasteiger partial charge in [0.15, 0.2) is 0 Å². The van der Waals surface area contributed by atoms with Crippen molar-refractivity contribution in [3.8, 4) is 5.75 Å². The first-order chi connectivity index (χ1) is 12.6. The van der Waals surface area contributed by atoms with E-state index >= 15 is 0 Å². The second-order valence-corrected chi connectivity index (χ2v) is 7.03. The maximum atomic E-state index is 12.9. The van der Waals surface area contributed by atoms with Crippen LogP contribution in [-0.4, -0.2) is 43.1 Å². The zero-order valence-electron chi connectivity index (χ0n) is 16.0. The van der Waals surface area contributed by atoms with Gasteiger partial charge in [-0.15, -0.1) is 0 Å². The van der Waals surface area contributed by atoms with Gasteiger partial charge in [0.25, 0.3) is 0 Å². The van der Waals surface area contributed by atoms with Crippen molar-refractivity contribution in [1.82, 2.24) is 4.90 Å². The molecule has 1 fully saturated rings. The Labute approximate surface area is 156 Å². The molecule has 5 nitrogen and oxygen atoms in total. The molecule has 1 atom stereocenters. The third kappa shape index (κ3) is 6.36. The van der Waals surface area contributed by atoms with Crippen molar-refractivity contribution in [1.29, 1.82) is 0 Å². The third-order valence-electron chi connectivity index (χ3n) is 4.99. The highest BCUT2D eigenvalue weighted by molar-refractivity contribution is 5.78. The van der Waals surface area contributed by atoms with E-state index in [0.29, 0.717) is 19.6 Å². The number of carbonyl (C=O) groups is 2. The lowest BCUT2D eigenvalue weighted by molar-refractivity contribution is -0.147. The highest BCUT2D eigenvalue weighted by Crippen LogP contribution is 2.24. The number of amides is 1. The van der Waals surface area contributed by atoms with Gasteiger partial charge in [0, 0.05) is 12.6 Å². The second kappa shape index (κ2) is 10.8. The van der Waals surface area contributed by atoms with Crippen LogP contribution in [0.1, 0.15) is 51.9 Å². The Kier molecular flexibility index (Phi) is 8.45. The van der Waals surface area contributed by atoms with Crippen molar-refractivity contribution in [2.75, 3.05) is 20.3 Å². The molecular weight excluding hydrogens is 330 g/mol. The minimum atomic E-state index is -0.317. The van der Waals surface area contributed by atoms with Crippen molar-refractivity contribution in [3.63, 3.8) is 0 Å². The van der Waals surface area contributed by atoms with E-state index in [1.807, 2.05) is 42.2 Å². The Morgan fingerprint density at radius 1 is 1.12 bits per heavy atom. The molecule has 1 aromatic rings. The van der Waals surface area contributed by atoms with E-state index in [1.165, 1.54) is 20.0 Å². The SMILES string of the molecule is COC(=O)C(C)CN(C(=O)CCOc1ccccc1)C1CCCCCC1. The normalized spacial score (nSPS) is 16.4. The fraction of sp³-hybridized carbons (Fsp3) is 0.619. The number of methoxy groups -OCH3 is 1. The van der Waals surface area contributed by atoms with E-state index in [1.54, 1.807) is 0 Å². The fourth-order valence-electron chi connectivity index (χ4n) is 3.51. The molecule has 5 heteroatoms. The van der Waals surface area contributed by atoms with Crippen molar-refractivity contribution < 1.29 is 19.1 Å². The predicted molar refractivity (Wildman–Crippen MR) is 101 cm³/mol. The molecule has 0 aromatic heterocycles. The summed E-state index contributed by atoms with van der Waals surface area (Å²) in [5, 5.41) is 0. The van der Waals surface area contributed by atoms with E-state index in [-0.39, 0.29) is 23.8 Å². The maximum Gasteiger partial charge on any atom is 0.310 e. The molecule has 1 saturated carbocycles. The molecule has 1 unspecified atom stereocenters. The molecule has 26 heavy (non-hydrogen) atoms. The minimum Gasteiger partial charge on any atom is -0.493 e. The minimum absolute atomic E-state index is 0.0589. The van der Waals surface area contributed by atoms with E-state index in [9.17, 15) is 9.59 Å². The summed E-state index contributed by atoms with van der Waals surface area (Å²) in [5.74, 6) is 0.243. The van der Waals surface area contributed by atoms with Gasteiger partial charge in [0.2, 0.25) is 5.91 Å². The third-order valence-corrected chi connectivity index (χ3v) is 4.99. The number of benzene rings is 1. The smallest absolute Gasteiger partial charge is 0.310 e. The van der Waals surface area contributed by atoms with Crippen LogP contribution in [-0.2, 0) is 14.3 Å². The van der Waals surface area contributed by atoms with E-state index in [4.69, 9.17) is 9.47 Å². The summed E-state index contributed by atoms with van der Waals surface area (Å²) in [6.45, 7) is 2.59. The van der Waals surface area contributed by atoms with Crippen LogP contribution in [0.3, 0.4) is 0 Å². The predicted octanol–water partition coefficient (Wildman–Crippen LogP) is 3.82. The summed E-state index contributed by atoms with van der Waals surface area (Å²) in [7, 11) is 1.39. The Hall–Kier alpha value is -2.04. The number of esters is 1. The molecule has 0 saturated heterocycles. The van der Waals surface area contributed by atoms with Crippen LogP contribution < -0.4 is 4.74 Å². The van der Waals surface area contributed by atoms with Gasteiger partial charge in [0.1, 0.15) is 5.75 Å². The van der Waals surface area contributed by atoms with Gasteiger partial charge in [0.05, 0.1) is 26.1 Å². The van der Waals surface area contributed by atoms with Crippen LogP contribution in [0.25, 0.3) is 0 Å². The van der Waals surface area contributed by atoms with Crippen molar-refractivity contribution >= 4 is 11.9 Å². The van der Waals surface area contributed by atoms with Crippen LogP contribution in [0, 0.1) is 5.92 Å². The number of hydrogen-bond donors (Lipinski definition) is 0. The summed E-state index contributed by atoms with van der Waals surface area (Å²) in [6.07, 6.45) is 7.07. The first-order valence-electron chi connectivity index (χ1n) is 9.67. The lowest BCUT2D eigenvalue weighted by Gasteiger charge is -2.33. The van der Waals surface area contributed by atoms with Crippen LogP contribution >= 0.6 is 0 Å². The van der Waals surface area contributed by atoms with Gasteiger partial charge < -0.3 is 14.4 Å². The zero-order valence-corrected chi connectivity index (χ0v) is 16.0. The van der Waals surface area contributed by atoms with Gasteiger partial charge in [-0.1, -0.05) is 50.8 Å². The molecule has 144 valence electrons. The number of carbonyl (C=O) groups excluding carboxylic acids is 2. The Morgan fingerprint density at radius 3 is 2.38 bits per heavy atom. The summed E-state index contributed by atoms with van der Waals surface area (Å²) in [4.78, 5) is 26.6. The number of ether oxygens (including phenoxy) is 2. The molecule has 0 N–H and O–H groups in total. The summed E-state index contributed by atoms with van der Waals surface area (Å²) < 4.78 is 10.5. The first kappa shape index (κ1) is 20.3. The summed E-state index contributed by atoms with van der Waals surface area (Å²) in [6, 6.07) is 9.73. The molecule has 0 aliphatic heterocycles. The maximum absolute atomic E-state index is 12.9. The highest BCUT2D eigenvalue weighted by atomic mass is 16.5.